The third-order valence-corrected chi connectivity index (χ3v) is 3.75. The van der Waals surface area contributed by atoms with Crippen LogP contribution in [0.2, 0.25) is 0 Å². The van der Waals surface area contributed by atoms with Gasteiger partial charge in [-0.15, -0.1) is 0 Å². The van der Waals surface area contributed by atoms with Crippen molar-refractivity contribution in [2.75, 3.05) is 39.9 Å². The van der Waals surface area contributed by atoms with E-state index in [9.17, 15) is 0 Å². The van der Waals surface area contributed by atoms with Gasteiger partial charge in [0.25, 0.3) is 0 Å². The summed E-state index contributed by atoms with van der Waals surface area (Å²) < 4.78 is 5.68. The molecule has 0 aromatic carbocycles. The highest BCUT2D eigenvalue weighted by Crippen LogP contribution is 2.15. The Morgan fingerprint density at radius 2 is 2.12 bits per heavy atom. The quantitative estimate of drug-likeness (QED) is 0.691. The molecule has 1 saturated heterocycles. The predicted molar refractivity (Wildman–Crippen MR) is 73.3 cm³/mol. The molecule has 0 radical (unpaired) electrons. The molecule has 0 bridgehead atoms. The Labute approximate surface area is 107 Å². The number of hydrogen-bond donors (Lipinski definition) is 1. The van der Waals surface area contributed by atoms with Crippen molar-refractivity contribution in [3.05, 3.63) is 0 Å². The standard InChI is InChI=1S/C14H30N2O/c1-12(2)6-9-17-10-8-16-7-5-14(15-4)13(3)11-16/h12-15H,5-11H2,1-4H3. The van der Waals surface area contributed by atoms with Crippen LogP contribution in [0.3, 0.4) is 0 Å². The Balaban J connectivity index is 2.05. The lowest BCUT2D eigenvalue weighted by atomic mass is 9.94. The van der Waals surface area contributed by atoms with Gasteiger partial charge in [-0.1, -0.05) is 20.8 Å². The predicted octanol–water partition coefficient (Wildman–Crippen LogP) is 1.98. The summed E-state index contributed by atoms with van der Waals surface area (Å²) in [5, 5.41) is 3.41. The highest BCUT2D eigenvalue weighted by atomic mass is 16.5. The fourth-order valence-electron chi connectivity index (χ4n) is 2.48. The average Bonchev–Trinajstić information content (AvgIpc) is 2.28. The van der Waals surface area contributed by atoms with Crippen LogP contribution >= 0.6 is 0 Å². The molecule has 0 aromatic rings. The molecule has 0 aromatic heterocycles. The van der Waals surface area contributed by atoms with Crippen molar-refractivity contribution in [3.8, 4) is 0 Å². The summed E-state index contributed by atoms with van der Waals surface area (Å²) in [5.41, 5.74) is 0. The lowest BCUT2D eigenvalue weighted by molar-refractivity contribution is 0.0742. The third kappa shape index (κ3) is 5.84. The minimum atomic E-state index is 0.702. The SMILES string of the molecule is CNC1CCN(CCOCCC(C)C)CC1C. The zero-order valence-corrected chi connectivity index (χ0v) is 12.0. The monoisotopic (exact) mass is 242 g/mol. The minimum absolute atomic E-state index is 0.702. The van der Waals surface area contributed by atoms with Crippen LogP contribution in [0.25, 0.3) is 0 Å². The van der Waals surface area contributed by atoms with Crippen LogP contribution in [0.15, 0.2) is 0 Å². The van der Waals surface area contributed by atoms with Gasteiger partial charge in [0.1, 0.15) is 0 Å². The van der Waals surface area contributed by atoms with E-state index in [0.717, 1.165) is 31.6 Å². The molecule has 1 heterocycles. The first-order chi connectivity index (χ1) is 8.13. The highest BCUT2D eigenvalue weighted by molar-refractivity contribution is 4.81. The van der Waals surface area contributed by atoms with E-state index in [1.807, 2.05) is 0 Å². The summed E-state index contributed by atoms with van der Waals surface area (Å²) in [6.45, 7) is 12.2. The van der Waals surface area contributed by atoms with Crippen LogP contribution < -0.4 is 5.32 Å². The second-order valence-corrected chi connectivity index (χ2v) is 5.76. The molecule has 0 aliphatic carbocycles. The molecular weight excluding hydrogens is 212 g/mol. The average molecular weight is 242 g/mol. The minimum Gasteiger partial charge on any atom is -0.380 e. The van der Waals surface area contributed by atoms with Crippen molar-refractivity contribution in [1.29, 1.82) is 0 Å². The first-order valence-electron chi connectivity index (χ1n) is 7.10. The summed E-state index contributed by atoms with van der Waals surface area (Å²) >= 11 is 0. The van der Waals surface area contributed by atoms with Crippen LogP contribution in [-0.4, -0.2) is 50.8 Å². The second-order valence-electron chi connectivity index (χ2n) is 5.76. The lowest BCUT2D eigenvalue weighted by Gasteiger charge is -2.36. The molecule has 1 aliphatic rings. The van der Waals surface area contributed by atoms with Crippen LogP contribution in [0, 0.1) is 11.8 Å². The Morgan fingerprint density at radius 1 is 1.35 bits per heavy atom. The maximum atomic E-state index is 5.68. The van der Waals surface area contributed by atoms with Gasteiger partial charge in [0.2, 0.25) is 0 Å². The molecule has 3 heteroatoms. The van der Waals surface area contributed by atoms with Gasteiger partial charge < -0.3 is 15.0 Å². The summed E-state index contributed by atoms with van der Waals surface area (Å²) in [6, 6.07) is 0.702. The zero-order valence-electron chi connectivity index (χ0n) is 12.0. The molecular formula is C14H30N2O. The summed E-state index contributed by atoms with van der Waals surface area (Å²) in [5.74, 6) is 1.51. The molecule has 2 atom stereocenters. The molecule has 1 aliphatic heterocycles. The number of likely N-dealkylation sites (tertiary alicyclic amines) is 1. The van der Waals surface area contributed by atoms with Crippen molar-refractivity contribution < 1.29 is 4.74 Å². The molecule has 1 rings (SSSR count). The van der Waals surface area contributed by atoms with Gasteiger partial charge in [-0.2, -0.15) is 0 Å². The molecule has 0 spiro atoms. The maximum absolute atomic E-state index is 5.68. The Bertz CT molecular complexity index is 197. The number of hydrogen-bond acceptors (Lipinski definition) is 3. The van der Waals surface area contributed by atoms with Crippen LogP contribution in [-0.2, 0) is 4.74 Å². The molecule has 0 saturated carbocycles. The normalized spacial score (nSPS) is 26.6. The first-order valence-corrected chi connectivity index (χ1v) is 7.10. The van der Waals surface area contributed by atoms with E-state index in [2.05, 4.69) is 38.0 Å². The summed E-state index contributed by atoms with van der Waals surface area (Å²) in [4.78, 5) is 2.54. The fourth-order valence-corrected chi connectivity index (χ4v) is 2.48. The van der Waals surface area contributed by atoms with E-state index in [1.54, 1.807) is 0 Å². The Hall–Kier alpha value is -0.120. The largest absolute Gasteiger partial charge is 0.380 e. The maximum Gasteiger partial charge on any atom is 0.0593 e. The molecule has 3 nitrogen and oxygen atoms in total. The lowest BCUT2D eigenvalue weighted by Crippen LogP contribution is -2.47. The van der Waals surface area contributed by atoms with Gasteiger partial charge in [0.15, 0.2) is 0 Å². The van der Waals surface area contributed by atoms with E-state index >= 15 is 0 Å². The third-order valence-electron chi connectivity index (χ3n) is 3.75. The topological polar surface area (TPSA) is 24.5 Å². The smallest absolute Gasteiger partial charge is 0.0593 e. The fraction of sp³-hybridized carbons (Fsp3) is 1.00. The van der Waals surface area contributed by atoms with Crippen LogP contribution in [0.4, 0.5) is 0 Å². The van der Waals surface area contributed by atoms with Crippen molar-refractivity contribution in [2.45, 2.75) is 39.7 Å². The van der Waals surface area contributed by atoms with Gasteiger partial charge in [0, 0.05) is 25.7 Å². The molecule has 1 N–H and O–H groups in total. The number of nitrogens with one attached hydrogen (secondary N) is 1. The Kier molecular flexibility index (Phi) is 7.09. The van der Waals surface area contributed by atoms with E-state index < -0.39 is 0 Å². The van der Waals surface area contributed by atoms with E-state index in [-0.39, 0.29) is 0 Å². The molecule has 102 valence electrons. The van der Waals surface area contributed by atoms with Crippen LogP contribution in [0.1, 0.15) is 33.6 Å². The zero-order chi connectivity index (χ0) is 12.7. The first kappa shape index (κ1) is 14.9. The van der Waals surface area contributed by atoms with Crippen molar-refractivity contribution >= 4 is 0 Å². The van der Waals surface area contributed by atoms with Crippen molar-refractivity contribution in [3.63, 3.8) is 0 Å². The van der Waals surface area contributed by atoms with E-state index in [0.29, 0.717) is 6.04 Å². The highest BCUT2D eigenvalue weighted by Gasteiger charge is 2.24. The van der Waals surface area contributed by atoms with Gasteiger partial charge in [-0.05, 0) is 38.3 Å². The number of nitrogens with zero attached hydrogens (tertiary/aromatic N) is 1. The Morgan fingerprint density at radius 3 is 2.71 bits per heavy atom. The molecule has 17 heavy (non-hydrogen) atoms. The molecule has 0 amide bonds. The van der Waals surface area contributed by atoms with Crippen LogP contribution in [0.5, 0.6) is 0 Å². The van der Waals surface area contributed by atoms with Gasteiger partial charge >= 0.3 is 0 Å². The van der Waals surface area contributed by atoms with E-state index in [4.69, 9.17) is 4.74 Å². The van der Waals surface area contributed by atoms with Gasteiger partial charge in [-0.3, -0.25) is 0 Å². The number of piperidine rings is 1. The van der Waals surface area contributed by atoms with Crippen molar-refractivity contribution in [1.82, 2.24) is 10.2 Å². The van der Waals surface area contributed by atoms with E-state index in [1.165, 1.54) is 25.9 Å². The van der Waals surface area contributed by atoms with Gasteiger partial charge in [0.05, 0.1) is 6.61 Å². The molecule has 2 unspecified atom stereocenters. The molecule has 1 fully saturated rings. The summed E-state index contributed by atoms with van der Waals surface area (Å²) in [7, 11) is 2.08. The summed E-state index contributed by atoms with van der Waals surface area (Å²) in [6.07, 6.45) is 2.45. The number of rotatable bonds is 7. The second kappa shape index (κ2) is 8.06. The van der Waals surface area contributed by atoms with Crippen molar-refractivity contribution in [2.24, 2.45) is 11.8 Å². The van der Waals surface area contributed by atoms with Gasteiger partial charge in [-0.25, -0.2) is 0 Å². The number of ether oxygens (including phenoxy) is 1.